The molecule has 1 radical (unpaired) electrons. The Balaban J connectivity index is 4.19. The summed E-state index contributed by atoms with van der Waals surface area (Å²) in [5.74, 6) is -6.32. The average Bonchev–Trinajstić information content (AvgIpc) is 1.65. The highest BCUT2D eigenvalue weighted by Crippen LogP contribution is 2.20. The Bertz CT molecular complexity index is 123. The van der Waals surface area contributed by atoms with Crippen molar-refractivity contribution in [2.24, 2.45) is 0 Å². The van der Waals surface area contributed by atoms with Gasteiger partial charge in [-0.1, -0.05) is 0 Å². The van der Waals surface area contributed by atoms with Crippen molar-refractivity contribution >= 4 is 5.91 Å². The molecule has 53 valence electrons. The maximum absolute atomic E-state index is 11.8. The summed E-state index contributed by atoms with van der Waals surface area (Å²) in [6.07, 6.45) is -2.58. The maximum atomic E-state index is 11.8. The number of nitrogens with one attached hydrogen (secondary N) is 1. The Morgan fingerprint density at radius 2 is 2.00 bits per heavy atom. The summed E-state index contributed by atoms with van der Waals surface area (Å²) in [6.45, 7) is 0.534. The van der Waals surface area contributed by atoms with Gasteiger partial charge >= 0.3 is 11.8 Å². The smallest absolute Gasteiger partial charge is 0.266 e. The van der Waals surface area contributed by atoms with Crippen LogP contribution in [0.2, 0.25) is 0 Å². The van der Waals surface area contributed by atoms with Gasteiger partial charge in [-0.25, -0.2) is 4.39 Å². The van der Waals surface area contributed by atoms with Crippen molar-refractivity contribution in [3.05, 3.63) is 0 Å². The third-order valence-electron chi connectivity index (χ3n) is 0.802. The highest BCUT2D eigenvalue weighted by molar-refractivity contribution is 5.81. The normalized spacial score (nSPS) is 15.1. The molecule has 0 aliphatic carbocycles. The molecule has 0 aliphatic heterocycles. The lowest BCUT2D eigenvalue weighted by Gasteiger charge is -2.11. The minimum absolute atomic E-state index is 0.534. The molecule has 0 heterocycles. The van der Waals surface area contributed by atoms with E-state index in [1.54, 1.807) is 0 Å². The summed E-state index contributed by atoms with van der Waals surface area (Å²) in [6, 6.07) is 0. The predicted octanol–water partition coefficient (Wildman–Crippen LogP) is 0.789. The number of carbonyl (C=O) groups is 1. The first-order valence-electron chi connectivity index (χ1n) is 2.17. The van der Waals surface area contributed by atoms with Gasteiger partial charge in [0, 0.05) is 0 Å². The first-order valence-corrected chi connectivity index (χ1v) is 2.17. The Morgan fingerprint density at radius 3 is 2.00 bits per heavy atom. The minimum Gasteiger partial charge on any atom is -0.266 e. The van der Waals surface area contributed by atoms with Crippen LogP contribution in [0, 0.1) is 0 Å². The third kappa shape index (κ3) is 1.58. The van der Waals surface area contributed by atoms with E-state index in [9.17, 15) is 18.0 Å². The van der Waals surface area contributed by atoms with E-state index < -0.39 is 18.0 Å². The molecule has 0 saturated carbocycles. The van der Waals surface area contributed by atoms with E-state index in [2.05, 4.69) is 0 Å². The molecule has 0 aromatic carbocycles. The van der Waals surface area contributed by atoms with Gasteiger partial charge in [0.2, 0.25) is 0 Å². The third-order valence-corrected chi connectivity index (χ3v) is 0.802. The van der Waals surface area contributed by atoms with Gasteiger partial charge in [-0.05, 0) is 6.92 Å². The zero-order valence-electron chi connectivity index (χ0n) is 4.62. The summed E-state index contributed by atoms with van der Waals surface area (Å²) in [4.78, 5) is 9.58. The number of carbonyl (C=O) groups excluding carboxylic acids is 1. The van der Waals surface area contributed by atoms with E-state index >= 15 is 0 Å². The fourth-order valence-corrected chi connectivity index (χ4v) is 0.181. The van der Waals surface area contributed by atoms with Crippen molar-refractivity contribution < 1.29 is 18.0 Å². The molecule has 1 amide bonds. The molecule has 2 nitrogen and oxygen atoms in total. The van der Waals surface area contributed by atoms with Crippen molar-refractivity contribution in [1.82, 2.24) is 5.73 Å². The highest BCUT2D eigenvalue weighted by atomic mass is 19.3. The lowest BCUT2D eigenvalue weighted by atomic mass is 10.2. The molecule has 0 bridgehead atoms. The zero-order valence-corrected chi connectivity index (χ0v) is 4.62. The SMILES string of the molecule is CC(F)C(F)(F)C([NH])=O. The van der Waals surface area contributed by atoms with Crippen molar-refractivity contribution in [2.75, 3.05) is 0 Å². The van der Waals surface area contributed by atoms with Gasteiger partial charge in [0.1, 0.15) is 0 Å². The van der Waals surface area contributed by atoms with Crippen LogP contribution in [-0.4, -0.2) is 18.0 Å². The van der Waals surface area contributed by atoms with Crippen LogP contribution in [0.25, 0.3) is 0 Å². The molecule has 9 heavy (non-hydrogen) atoms. The van der Waals surface area contributed by atoms with Crippen molar-refractivity contribution in [3.63, 3.8) is 0 Å². The second-order valence-electron chi connectivity index (χ2n) is 1.57. The highest BCUT2D eigenvalue weighted by Gasteiger charge is 2.44. The molecule has 0 aliphatic rings. The fraction of sp³-hybridized carbons (Fsp3) is 0.750. The quantitative estimate of drug-likeness (QED) is 0.559. The Morgan fingerprint density at radius 1 is 1.67 bits per heavy atom. The number of rotatable bonds is 2. The maximum Gasteiger partial charge on any atom is 0.356 e. The van der Waals surface area contributed by atoms with Gasteiger partial charge in [0.05, 0.1) is 0 Å². The number of amides is 1. The summed E-state index contributed by atoms with van der Waals surface area (Å²) < 4.78 is 35.2. The minimum atomic E-state index is -4.14. The Labute approximate surface area is 49.8 Å². The van der Waals surface area contributed by atoms with Gasteiger partial charge in [0.25, 0.3) is 0 Å². The van der Waals surface area contributed by atoms with E-state index in [0.29, 0.717) is 6.92 Å². The number of halogens is 3. The predicted molar refractivity (Wildman–Crippen MR) is 23.6 cm³/mol. The van der Waals surface area contributed by atoms with Crippen LogP contribution >= 0.6 is 0 Å². The molecule has 0 aromatic rings. The molecule has 1 unspecified atom stereocenters. The van der Waals surface area contributed by atoms with E-state index in [0.717, 1.165) is 0 Å². The topological polar surface area (TPSA) is 40.9 Å². The summed E-state index contributed by atoms with van der Waals surface area (Å²) in [7, 11) is 0. The fourth-order valence-electron chi connectivity index (χ4n) is 0.181. The largest absolute Gasteiger partial charge is 0.356 e. The van der Waals surface area contributed by atoms with Gasteiger partial charge in [-0.15, -0.1) is 0 Å². The standard InChI is InChI=1S/C4H5F3NO/c1-2(5)4(6,7)3(8)9/h2,8H,1H3. The van der Waals surface area contributed by atoms with Crippen LogP contribution in [0.15, 0.2) is 0 Å². The monoisotopic (exact) mass is 140 g/mol. The van der Waals surface area contributed by atoms with Crippen LogP contribution in [0.3, 0.4) is 0 Å². The molecule has 0 spiro atoms. The molecule has 1 N–H and O–H groups in total. The second kappa shape index (κ2) is 2.24. The Kier molecular flexibility index (Phi) is 2.06. The molecular formula is C4H5F3NO. The van der Waals surface area contributed by atoms with E-state index in [1.165, 1.54) is 0 Å². The van der Waals surface area contributed by atoms with E-state index in [-0.39, 0.29) is 0 Å². The summed E-state index contributed by atoms with van der Waals surface area (Å²) in [5.41, 5.74) is 5.88. The molecule has 1 atom stereocenters. The lowest BCUT2D eigenvalue weighted by Crippen LogP contribution is -2.37. The van der Waals surface area contributed by atoms with Gasteiger partial charge < -0.3 is 0 Å². The average molecular weight is 140 g/mol. The van der Waals surface area contributed by atoms with Crippen molar-refractivity contribution in [3.8, 4) is 0 Å². The first-order chi connectivity index (χ1) is 3.89. The number of hydrogen-bond acceptors (Lipinski definition) is 1. The zero-order chi connectivity index (χ0) is 7.65. The van der Waals surface area contributed by atoms with Crippen molar-refractivity contribution in [2.45, 2.75) is 19.0 Å². The second-order valence-corrected chi connectivity index (χ2v) is 1.57. The van der Waals surface area contributed by atoms with Crippen LogP contribution < -0.4 is 5.73 Å². The Hall–Kier alpha value is -0.740. The molecular weight excluding hydrogens is 135 g/mol. The van der Waals surface area contributed by atoms with Crippen LogP contribution in [0.4, 0.5) is 13.2 Å². The number of hydrogen-bond donors (Lipinski definition) is 0. The van der Waals surface area contributed by atoms with Gasteiger partial charge in [-0.3, -0.25) is 10.5 Å². The molecule has 0 fully saturated rings. The van der Waals surface area contributed by atoms with Crippen LogP contribution in [0.5, 0.6) is 0 Å². The van der Waals surface area contributed by atoms with Crippen LogP contribution in [0.1, 0.15) is 6.92 Å². The van der Waals surface area contributed by atoms with Crippen molar-refractivity contribution in [1.29, 1.82) is 0 Å². The molecule has 0 aromatic heterocycles. The van der Waals surface area contributed by atoms with Gasteiger partial charge in [-0.2, -0.15) is 8.78 Å². The summed E-state index contributed by atoms with van der Waals surface area (Å²) in [5, 5.41) is 0. The molecule has 5 heteroatoms. The first kappa shape index (κ1) is 8.26. The lowest BCUT2D eigenvalue weighted by molar-refractivity contribution is -0.151. The van der Waals surface area contributed by atoms with Gasteiger partial charge in [0.15, 0.2) is 6.17 Å². The van der Waals surface area contributed by atoms with Crippen LogP contribution in [-0.2, 0) is 4.79 Å². The molecule has 0 saturated heterocycles. The van der Waals surface area contributed by atoms with E-state index in [4.69, 9.17) is 5.73 Å². The van der Waals surface area contributed by atoms with E-state index in [1.807, 2.05) is 0 Å². The summed E-state index contributed by atoms with van der Waals surface area (Å²) >= 11 is 0. The molecule has 0 rings (SSSR count). The number of alkyl halides is 3.